The summed E-state index contributed by atoms with van der Waals surface area (Å²) < 4.78 is 12.1. The maximum atomic E-state index is 12.5. The van der Waals surface area contributed by atoms with E-state index < -0.39 is 0 Å². The highest BCUT2D eigenvalue weighted by molar-refractivity contribution is 5.92. The topological polar surface area (TPSA) is 90.3 Å². The van der Waals surface area contributed by atoms with E-state index in [1.807, 2.05) is 4.90 Å². The van der Waals surface area contributed by atoms with E-state index in [0.717, 1.165) is 25.7 Å². The molecule has 0 N–H and O–H groups in total. The van der Waals surface area contributed by atoms with Crippen LogP contribution in [-0.4, -0.2) is 62.1 Å². The molecule has 2 aliphatic heterocycles. The fourth-order valence-corrected chi connectivity index (χ4v) is 3.65. The maximum Gasteiger partial charge on any atom is 0.272 e. The number of ether oxygens (including phenoxy) is 2. The van der Waals surface area contributed by atoms with Crippen molar-refractivity contribution in [3.63, 3.8) is 0 Å². The van der Waals surface area contributed by atoms with Crippen molar-refractivity contribution < 1.29 is 14.3 Å². The molecule has 1 atom stereocenters. The standard InChI is InChI=1S/C18H21N5O3/c24-17(15-1-5-20-13-22-15)23-8-3-18(4-9-23)11-14(2-10-25-18)26-16-12-19-6-7-21-16/h1,5-7,12-14H,2-4,8-11H2. The molecule has 0 aromatic carbocycles. The molecule has 0 bridgehead atoms. The van der Waals surface area contributed by atoms with Crippen LogP contribution in [0.1, 0.15) is 36.2 Å². The van der Waals surface area contributed by atoms with Gasteiger partial charge >= 0.3 is 0 Å². The molecule has 8 heteroatoms. The van der Waals surface area contributed by atoms with E-state index >= 15 is 0 Å². The van der Waals surface area contributed by atoms with Crippen LogP contribution >= 0.6 is 0 Å². The first-order valence-electron chi connectivity index (χ1n) is 8.86. The normalized spacial score (nSPS) is 22.2. The molecule has 26 heavy (non-hydrogen) atoms. The molecule has 2 aromatic rings. The first-order chi connectivity index (χ1) is 12.7. The van der Waals surface area contributed by atoms with Crippen LogP contribution in [0.5, 0.6) is 5.88 Å². The third-order valence-corrected chi connectivity index (χ3v) is 5.04. The van der Waals surface area contributed by atoms with Gasteiger partial charge in [0.25, 0.3) is 5.91 Å². The summed E-state index contributed by atoms with van der Waals surface area (Å²) in [6.07, 6.45) is 11.2. The maximum absolute atomic E-state index is 12.5. The number of rotatable bonds is 3. The molecular formula is C18H21N5O3. The second-order valence-corrected chi connectivity index (χ2v) is 6.69. The number of likely N-dealkylation sites (tertiary alicyclic amines) is 1. The van der Waals surface area contributed by atoms with Gasteiger partial charge in [0.2, 0.25) is 5.88 Å². The summed E-state index contributed by atoms with van der Waals surface area (Å²) >= 11 is 0. The molecule has 1 unspecified atom stereocenters. The minimum Gasteiger partial charge on any atom is -0.473 e. The number of carbonyl (C=O) groups is 1. The van der Waals surface area contributed by atoms with Crippen molar-refractivity contribution in [2.24, 2.45) is 0 Å². The average molecular weight is 355 g/mol. The van der Waals surface area contributed by atoms with Crippen LogP contribution in [0.4, 0.5) is 0 Å². The minimum atomic E-state index is -0.229. The third kappa shape index (κ3) is 3.65. The average Bonchev–Trinajstić information content (AvgIpc) is 2.70. The van der Waals surface area contributed by atoms with Crippen molar-refractivity contribution in [2.45, 2.75) is 37.4 Å². The Kier molecular flexibility index (Phi) is 4.75. The lowest BCUT2D eigenvalue weighted by Crippen LogP contribution is -2.52. The van der Waals surface area contributed by atoms with Gasteiger partial charge in [-0.2, -0.15) is 0 Å². The predicted octanol–water partition coefficient (Wildman–Crippen LogP) is 1.50. The molecule has 2 fully saturated rings. The van der Waals surface area contributed by atoms with Gasteiger partial charge in [0.1, 0.15) is 18.1 Å². The predicted molar refractivity (Wildman–Crippen MR) is 91.5 cm³/mol. The summed E-state index contributed by atoms with van der Waals surface area (Å²) in [5.74, 6) is 0.497. The monoisotopic (exact) mass is 355 g/mol. The van der Waals surface area contributed by atoms with Crippen LogP contribution in [0.15, 0.2) is 37.2 Å². The van der Waals surface area contributed by atoms with Crippen LogP contribution in [0.2, 0.25) is 0 Å². The summed E-state index contributed by atoms with van der Waals surface area (Å²) in [5.41, 5.74) is 0.206. The molecule has 136 valence electrons. The Morgan fingerprint density at radius 2 is 2.08 bits per heavy atom. The highest BCUT2D eigenvalue weighted by Crippen LogP contribution is 2.36. The Morgan fingerprint density at radius 3 is 2.81 bits per heavy atom. The Morgan fingerprint density at radius 1 is 1.19 bits per heavy atom. The van der Waals surface area contributed by atoms with E-state index in [1.54, 1.807) is 30.9 Å². The minimum absolute atomic E-state index is 0.0505. The molecule has 0 saturated carbocycles. The highest BCUT2D eigenvalue weighted by Gasteiger charge is 2.42. The Bertz CT molecular complexity index is 735. The third-order valence-electron chi connectivity index (χ3n) is 5.04. The zero-order valence-corrected chi connectivity index (χ0v) is 14.5. The molecule has 1 amide bonds. The van der Waals surface area contributed by atoms with E-state index in [0.29, 0.717) is 31.3 Å². The van der Waals surface area contributed by atoms with Crippen molar-refractivity contribution in [3.8, 4) is 5.88 Å². The Hall–Kier alpha value is -2.61. The lowest BCUT2D eigenvalue weighted by Gasteiger charge is -2.45. The van der Waals surface area contributed by atoms with Crippen LogP contribution in [-0.2, 0) is 4.74 Å². The van der Waals surface area contributed by atoms with Gasteiger partial charge in [-0.15, -0.1) is 0 Å². The van der Waals surface area contributed by atoms with E-state index in [1.165, 1.54) is 6.33 Å². The first kappa shape index (κ1) is 16.8. The molecule has 1 spiro atoms. The zero-order valence-electron chi connectivity index (χ0n) is 14.5. The van der Waals surface area contributed by atoms with E-state index in [9.17, 15) is 4.79 Å². The lowest BCUT2D eigenvalue weighted by atomic mass is 9.83. The fourth-order valence-electron chi connectivity index (χ4n) is 3.65. The molecule has 2 aromatic heterocycles. The Balaban J connectivity index is 1.36. The molecule has 4 heterocycles. The number of hydrogen-bond donors (Lipinski definition) is 0. The molecule has 0 aliphatic carbocycles. The van der Waals surface area contributed by atoms with E-state index in [2.05, 4.69) is 19.9 Å². The molecular weight excluding hydrogens is 334 g/mol. The summed E-state index contributed by atoms with van der Waals surface area (Å²) in [7, 11) is 0. The van der Waals surface area contributed by atoms with Gasteiger partial charge in [0.15, 0.2) is 0 Å². The first-order valence-corrected chi connectivity index (χ1v) is 8.86. The summed E-state index contributed by atoms with van der Waals surface area (Å²) in [6.45, 7) is 1.96. The number of piperidine rings is 1. The second kappa shape index (κ2) is 7.33. The number of carbonyl (C=O) groups excluding carboxylic acids is 1. The van der Waals surface area contributed by atoms with Crippen LogP contribution < -0.4 is 4.74 Å². The van der Waals surface area contributed by atoms with Crippen LogP contribution in [0.3, 0.4) is 0 Å². The van der Waals surface area contributed by atoms with Crippen LogP contribution in [0.25, 0.3) is 0 Å². The highest BCUT2D eigenvalue weighted by atomic mass is 16.5. The molecule has 2 aliphatic rings. The largest absolute Gasteiger partial charge is 0.473 e. The smallest absolute Gasteiger partial charge is 0.272 e. The second-order valence-electron chi connectivity index (χ2n) is 6.69. The summed E-state index contributed by atoms with van der Waals surface area (Å²) in [4.78, 5) is 30.5. The van der Waals surface area contributed by atoms with Gasteiger partial charge in [0.05, 0.1) is 18.4 Å². The zero-order chi connectivity index (χ0) is 17.8. The fraction of sp³-hybridized carbons (Fsp3) is 0.500. The van der Waals surface area contributed by atoms with Crippen LogP contribution in [0, 0.1) is 0 Å². The molecule has 2 saturated heterocycles. The van der Waals surface area contributed by atoms with Crippen molar-refractivity contribution in [1.82, 2.24) is 24.8 Å². The quantitative estimate of drug-likeness (QED) is 0.824. The van der Waals surface area contributed by atoms with Crippen molar-refractivity contribution in [1.29, 1.82) is 0 Å². The number of nitrogens with zero attached hydrogens (tertiary/aromatic N) is 5. The molecule has 4 rings (SSSR count). The summed E-state index contributed by atoms with van der Waals surface area (Å²) in [5, 5.41) is 0. The number of amides is 1. The van der Waals surface area contributed by atoms with Gasteiger partial charge in [0, 0.05) is 44.5 Å². The van der Waals surface area contributed by atoms with Crippen molar-refractivity contribution >= 4 is 5.91 Å². The number of hydrogen-bond acceptors (Lipinski definition) is 7. The van der Waals surface area contributed by atoms with E-state index in [-0.39, 0.29) is 17.6 Å². The Labute approximate surface area is 151 Å². The SMILES string of the molecule is O=C(c1ccncn1)N1CCC2(CC1)CC(Oc1cnccn1)CCO2. The van der Waals surface area contributed by atoms with Gasteiger partial charge in [-0.1, -0.05) is 0 Å². The van der Waals surface area contributed by atoms with Crippen molar-refractivity contribution in [3.05, 3.63) is 42.9 Å². The molecule has 0 radical (unpaired) electrons. The number of aromatic nitrogens is 4. The lowest BCUT2D eigenvalue weighted by molar-refractivity contribution is -0.135. The van der Waals surface area contributed by atoms with Gasteiger partial charge in [-0.25, -0.2) is 15.0 Å². The van der Waals surface area contributed by atoms with Gasteiger partial charge in [-0.3, -0.25) is 9.78 Å². The van der Waals surface area contributed by atoms with Gasteiger partial charge in [-0.05, 0) is 18.9 Å². The summed E-state index contributed by atoms with van der Waals surface area (Å²) in [6, 6.07) is 1.65. The van der Waals surface area contributed by atoms with E-state index in [4.69, 9.17) is 9.47 Å². The van der Waals surface area contributed by atoms with Gasteiger partial charge < -0.3 is 14.4 Å². The van der Waals surface area contributed by atoms with Crippen molar-refractivity contribution in [2.75, 3.05) is 19.7 Å². The molecule has 8 nitrogen and oxygen atoms in total.